The van der Waals surface area contributed by atoms with Gasteiger partial charge in [0.05, 0.1) is 5.97 Å². The number of carboxylic acids is 1. The Balaban J connectivity index is 0.000000805. The number of carbonyl (C=O) groups is 2. The second-order valence-electron chi connectivity index (χ2n) is 6.41. The Bertz CT molecular complexity index is 921. The number of hydrogen-bond acceptors (Lipinski definition) is 7. The Hall–Kier alpha value is -4.19. The van der Waals surface area contributed by atoms with E-state index in [0.717, 1.165) is 0 Å². The van der Waals surface area contributed by atoms with E-state index in [1.54, 1.807) is 48.5 Å². The summed E-state index contributed by atoms with van der Waals surface area (Å²) >= 11 is 5.79. The molecule has 13 N–H and O–H groups in total. The molecule has 13 heteroatoms. The lowest BCUT2D eigenvalue weighted by Gasteiger charge is -2.27. The van der Waals surface area contributed by atoms with E-state index in [9.17, 15) is 14.7 Å². The largest absolute Gasteiger partial charge is 0.546 e. The van der Waals surface area contributed by atoms with Crippen molar-refractivity contribution in [3.8, 4) is 5.75 Å². The number of carbonyl (C=O) groups excluding carboxylic acids is 2. The highest BCUT2D eigenvalue weighted by atomic mass is 35.5. The number of hydrogen-bond donors (Lipinski definition) is 7. The number of guanidine groups is 2. The summed E-state index contributed by atoms with van der Waals surface area (Å²) in [6.45, 7) is 2.80. The summed E-state index contributed by atoms with van der Waals surface area (Å²) in [5, 5.41) is 16.3. The minimum Gasteiger partial charge on any atom is -0.546 e. The second-order valence-corrected chi connectivity index (χ2v) is 6.85. The number of aliphatic carboxylic acids is 1. The molecule has 174 valence electrons. The van der Waals surface area contributed by atoms with Crippen LogP contribution in [0.4, 0.5) is 0 Å². The zero-order valence-electron chi connectivity index (χ0n) is 17.5. The number of hydrazone groups is 2. The van der Waals surface area contributed by atoms with Crippen LogP contribution in [-0.4, -0.2) is 29.3 Å². The van der Waals surface area contributed by atoms with Gasteiger partial charge in [-0.2, -0.15) is 5.10 Å². The van der Waals surface area contributed by atoms with Crippen molar-refractivity contribution in [2.24, 2.45) is 39.7 Å². The van der Waals surface area contributed by atoms with Crippen LogP contribution in [0.1, 0.15) is 29.8 Å². The fourth-order valence-electron chi connectivity index (χ4n) is 1.78. The van der Waals surface area contributed by atoms with Gasteiger partial charge < -0.3 is 31.9 Å². The monoisotopic (exact) mass is 466 g/mol. The molecule has 0 fully saturated rings. The minimum atomic E-state index is -1.44. The van der Waals surface area contributed by atoms with Crippen LogP contribution in [0.25, 0.3) is 0 Å². The van der Waals surface area contributed by atoms with Crippen LogP contribution in [0, 0.1) is 0 Å². The van der Waals surface area contributed by atoms with Crippen molar-refractivity contribution < 1.29 is 24.5 Å². The van der Waals surface area contributed by atoms with E-state index in [2.05, 4.69) is 16.8 Å². The molecule has 0 heterocycles. The summed E-state index contributed by atoms with van der Waals surface area (Å²) in [4.78, 5) is 23.2. The van der Waals surface area contributed by atoms with Crippen LogP contribution >= 0.6 is 11.6 Å². The molecule has 0 aliphatic carbocycles. The number of halogens is 1. The van der Waals surface area contributed by atoms with Crippen molar-refractivity contribution in [3.63, 3.8) is 0 Å². The molecule has 0 unspecified atom stereocenters. The zero-order valence-corrected chi connectivity index (χ0v) is 18.3. The molecule has 0 aliphatic rings. The highest BCUT2D eigenvalue weighted by molar-refractivity contribution is 6.30. The summed E-state index contributed by atoms with van der Waals surface area (Å²) in [7, 11) is 0. The van der Waals surface area contributed by atoms with E-state index >= 15 is 0 Å². The number of rotatable bonds is 5. The Morgan fingerprint density at radius 2 is 1.34 bits per heavy atom. The van der Waals surface area contributed by atoms with Crippen LogP contribution in [0.5, 0.6) is 5.75 Å². The molecule has 2 aromatic rings. The highest BCUT2D eigenvalue weighted by Crippen LogP contribution is 2.20. The van der Waals surface area contributed by atoms with Gasteiger partial charge in [-0.15, -0.1) is 5.10 Å². The lowest BCUT2D eigenvalue weighted by Crippen LogP contribution is -2.84. The fourth-order valence-corrected chi connectivity index (χ4v) is 1.90. The maximum absolute atomic E-state index is 12.3. The first-order chi connectivity index (χ1) is 14.8. The van der Waals surface area contributed by atoms with Crippen molar-refractivity contribution in [2.75, 3.05) is 0 Å². The zero-order chi connectivity index (χ0) is 24.9. The first kappa shape index (κ1) is 27.8. The van der Waals surface area contributed by atoms with E-state index in [0.29, 0.717) is 21.9 Å². The molecule has 0 radical (unpaired) electrons. The summed E-state index contributed by atoms with van der Waals surface area (Å²) in [5.74, 6) is 7.97. The Morgan fingerprint density at radius 1 is 0.969 bits per heavy atom. The lowest BCUT2D eigenvalue weighted by atomic mass is 10.0. The van der Waals surface area contributed by atoms with Gasteiger partial charge in [0.2, 0.25) is 5.96 Å². The SMILES string of the molecule is CC(C)(Oc1ccc(C(=O)c2ccc(Cl)cc2)cc1)C(=O)[O-].NN=C(N)N.N[NH+]=C(N)N. The first-order valence-electron chi connectivity index (χ1n) is 8.78. The predicted octanol–water partition coefficient (Wildman–Crippen LogP) is -3.17. The Labute approximate surface area is 189 Å². The standard InChI is InChI=1S/C17H15ClO4.2CH6N4/c1-17(2,16(20)21)22-14-9-5-12(6-10-14)15(19)11-3-7-13(18)8-4-11;2*2-1(3)5-4/h3-10H,1-2H3,(H,20,21);2*4H2,(H4,2,3,5). The lowest BCUT2D eigenvalue weighted by molar-refractivity contribution is -0.471. The van der Waals surface area contributed by atoms with Gasteiger partial charge in [0, 0.05) is 16.1 Å². The van der Waals surface area contributed by atoms with Gasteiger partial charge in [-0.25, -0.2) is 0 Å². The molecule has 12 nitrogen and oxygen atoms in total. The fraction of sp³-hybridized carbons (Fsp3) is 0.158. The molecule has 0 amide bonds. The van der Waals surface area contributed by atoms with Gasteiger partial charge in [-0.05, 0) is 62.4 Å². The van der Waals surface area contributed by atoms with Gasteiger partial charge in [-0.1, -0.05) is 11.6 Å². The van der Waals surface area contributed by atoms with Crippen molar-refractivity contribution in [2.45, 2.75) is 19.4 Å². The average Bonchev–Trinajstić information content (AvgIpc) is 2.74. The number of carboxylic acid groups (broad SMARTS) is 1. The normalized spacial score (nSPS) is 9.59. The second kappa shape index (κ2) is 13.2. The van der Waals surface area contributed by atoms with Crippen molar-refractivity contribution in [1.82, 2.24) is 0 Å². The third-order valence-corrected chi connectivity index (χ3v) is 3.66. The molecule has 0 spiro atoms. The van der Waals surface area contributed by atoms with Crippen molar-refractivity contribution in [1.29, 1.82) is 0 Å². The van der Waals surface area contributed by atoms with Crippen LogP contribution in [-0.2, 0) is 4.79 Å². The van der Waals surface area contributed by atoms with Crippen LogP contribution < -0.4 is 49.6 Å². The molecular formula is C19H27ClN8O4. The molecule has 32 heavy (non-hydrogen) atoms. The number of nitrogens with zero attached hydrogens (tertiary/aromatic N) is 1. The molecule has 0 saturated carbocycles. The number of nitrogens with two attached hydrogens (primary N) is 6. The average molecular weight is 467 g/mol. The maximum Gasteiger partial charge on any atom is 0.360 e. The smallest absolute Gasteiger partial charge is 0.360 e. The van der Waals surface area contributed by atoms with Crippen LogP contribution in [0.15, 0.2) is 53.6 Å². The van der Waals surface area contributed by atoms with Gasteiger partial charge in [0.1, 0.15) is 11.4 Å². The van der Waals surface area contributed by atoms with Gasteiger partial charge >= 0.3 is 5.96 Å². The van der Waals surface area contributed by atoms with E-state index in [4.69, 9.17) is 39.3 Å². The minimum absolute atomic E-state index is 0.0324. The number of benzene rings is 2. The Morgan fingerprint density at radius 3 is 1.66 bits per heavy atom. The van der Waals surface area contributed by atoms with Crippen molar-refractivity contribution >= 4 is 35.3 Å². The maximum atomic E-state index is 12.3. The number of ether oxygens (including phenoxy) is 1. The third kappa shape index (κ3) is 10.5. The molecule has 2 rings (SSSR count). The van der Waals surface area contributed by atoms with E-state index in [1.165, 1.54) is 13.8 Å². The molecule has 0 saturated heterocycles. The van der Waals surface area contributed by atoms with Gasteiger partial charge in [-0.3, -0.25) is 22.1 Å². The van der Waals surface area contributed by atoms with E-state index < -0.39 is 11.6 Å². The van der Waals surface area contributed by atoms with E-state index in [-0.39, 0.29) is 17.7 Å². The molecule has 0 aromatic heterocycles. The molecule has 0 bridgehead atoms. The number of hydrazine groups is 1. The number of nitrogens with one attached hydrogen (secondary N) is 1. The van der Waals surface area contributed by atoms with Gasteiger partial charge in [0.25, 0.3) is 0 Å². The Kier molecular flexibility index (Phi) is 11.5. The quantitative estimate of drug-likeness (QED) is 0.0764. The van der Waals surface area contributed by atoms with Crippen LogP contribution in [0.2, 0.25) is 5.02 Å². The van der Waals surface area contributed by atoms with Crippen molar-refractivity contribution in [3.05, 3.63) is 64.7 Å². The topological polar surface area (TPSA) is 249 Å². The summed E-state index contributed by atoms with van der Waals surface area (Å²) < 4.78 is 5.33. The first-order valence-corrected chi connectivity index (χ1v) is 9.16. The molecule has 0 aliphatic heterocycles. The van der Waals surface area contributed by atoms with Gasteiger partial charge in [0.15, 0.2) is 5.78 Å². The summed E-state index contributed by atoms with van der Waals surface area (Å²) in [6, 6.07) is 12.9. The van der Waals surface area contributed by atoms with E-state index in [1.807, 2.05) is 5.10 Å². The highest BCUT2D eigenvalue weighted by Gasteiger charge is 2.21. The predicted molar refractivity (Wildman–Crippen MR) is 120 cm³/mol. The molecule has 2 aromatic carbocycles. The molecule has 0 atom stereocenters. The summed E-state index contributed by atoms with van der Waals surface area (Å²) in [6.07, 6.45) is 0. The molecular weight excluding hydrogens is 440 g/mol. The third-order valence-electron chi connectivity index (χ3n) is 3.40. The number of ketones is 1. The van der Waals surface area contributed by atoms with Crippen LogP contribution in [0.3, 0.4) is 0 Å². The summed E-state index contributed by atoms with van der Waals surface area (Å²) in [5.41, 5.74) is 18.4.